The number of benzene rings is 3. The Morgan fingerprint density at radius 3 is 2.24 bits per heavy atom. The Morgan fingerprint density at radius 2 is 1.58 bits per heavy atom. The minimum atomic E-state index is -0.258. The topological polar surface area (TPSA) is 61.9 Å². The number of carbonyl (C=O) groups excluding carboxylic acids is 2. The van der Waals surface area contributed by atoms with E-state index in [1.165, 1.54) is 0 Å². The van der Waals surface area contributed by atoms with Crippen LogP contribution in [0, 0.1) is 6.92 Å². The number of rotatable bonds is 6. The molecule has 7 heteroatoms. The zero-order valence-corrected chi connectivity index (χ0v) is 19.2. The second-order valence-electron chi connectivity index (χ2n) is 7.96. The average Bonchev–Trinajstić information content (AvgIpc) is 2.84. The standard InChI is InChI=1S/C26H26ClN3O3/c1-19-6-8-20(9-7-19)26(32)30-16-14-29(15-17-30)22-12-10-21(11-13-22)28-25(31)18-33-24-5-3-2-4-23(24)27/h2-13H,14-18H2,1H3,(H,28,31). The van der Waals surface area contributed by atoms with Crippen LogP contribution in [0.5, 0.6) is 5.75 Å². The number of hydrogen-bond acceptors (Lipinski definition) is 4. The highest BCUT2D eigenvalue weighted by molar-refractivity contribution is 6.32. The molecule has 170 valence electrons. The van der Waals surface area contributed by atoms with Crippen molar-refractivity contribution in [2.75, 3.05) is 43.0 Å². The van der Waals surface area contributed by atoms with Crippen LogP contribution in [0.3, 0.4) is 0 Å². The summed E-state index contributed by atoms with van der Waals surface area (Å²) in [6.45, 7) is 4.75. The van der Waals surface area contributed by atoms with Crippen molar-refractivity contribution in [2.45, 2.75) is 6.92 Å². The van der Waals surface area contributed by atoms with Gasteiger partial charge in [-0.15, -0.1) is 0 Å². The van der Waals surface area contributed by atoms with Gasteiger partial charge in [0.05, 0.1) is 5.02 Å². The molecule has 0 aliphatic carbocycles. The van der Waals surface area contributed by atoms with E-state index < -0.39 is 0 Å². The van der Waals surface area contributed by atoms with Gasteiger partial charge in [-0.1, -0.05) is 41.4 Å². The van der Waals surface area contributed by atoms with Crippen molar-refractivity contribution in [1.82, 2.24) is 4.90 Å². The number of ether oxygens (including phenoxy) is 1. The fourth-order valence-corrected chi connectivity index (χ4v) is 3.89. The Balaban J connectivity index is 1.26. The average molecular weight is 464 g/mol. The summed E-state index contributed by atoms with van der Waals surface area (Å²) in [7, 11) is 0. The molecule has 4 rings (SSSR count). The number of nitrogens with one attached hydrogen (secondary N) is 1. The van der Waals surface area contributed by atoms with Crippen molar-refractivity contribution in [3.63, 3.8) is 0 Å². The monoisotopic (exact) mass is 463 g/mol. The summed E-state index contributed by atoms with van der Waals surface area (Å²) in [5.41, 5.74) is 3.62. The van der Waals surface area contributed by atoms with Crippen LogP contribution in [0.25, 0.3) is 0 Å². The zero-order chi connectivity index (χ0) is 23.2. The van der Waals surface area contributed by atoms with E-state index in [4.69, 9.17) is 16.3 Å². The Labute approximate surface area is 198 Å². The lowest BCUT2D eigenvalue weighted by Gasteiger charge is -2.36. The number of carbonyl (C=O) groups is 2. The number of para-hydroxylation sites is 1. The molecule has 1 N–H and O–H groups in total. The summed E-state index contributed by atoms with van der Waals surface area (Å²) in [5, 5.41) is 3.30. The first-order valence-corrected chi connectivity index (χ1v) is 11.3. The maximum Gasteiger partial charge on any atom is 0.262 e. The number of piperazine rings is 1. The number of halogens is 1. The minimum absolute atomic E-state index is 0.0757. The van der Waals surface area contributed by atoms with Crippen molar-refractivity contribution in [1.29, 1.82) is 0 Å². The third-order valence-electron chi connectivity index (χ3n) is 5.58. The molecule has 0 aromatic heterocycles. The summed E-state index contributed by atoms with van der Waals surface area (Å²) in [5.74, 6) is 0.294. The van der Waals surface area contributed by atoms with Crippen LogP contribution in [0.4, 0.5) is 11.4 Å². The van der Waals surface area contributed by atoms with Gasteiger partial charge in [0.25, 0.3) is 11.8 Å². The van der Waals surface area contributed by atoms with E-state index in [0.717, 1.165) is 29.9 Å². The molecule has 6 nitrogen and oxygen atoms in total. The van der Waals surface area contributed by atoms with Crippen LogP contribution in [0.1, 0.15) is 15.9 Å². The largest absolute Gasteiger partial charge is 0.482 e. The summed E-state index contributed by atoms with van der Waals surface area (Å²) in [6.07, 6.45) is 0. The second kappa shape index (κ2) is 10.4. The van der Waals surface area contributed by atoms with E-state index in [1.807, 2.05) is 60.4 Å². The number of hydrogen-bond donors (Lipinski definition) is 1. The smallest absolute Gasteiger partial charge is 0.262 e. The van der Waals surface area contributed by atoms with Crippen molar-refractivity contribution >= 4 is 34.8 Å². The van der Waals surface area contributed by atoms with Gasteiger partial charge >= 0.3 is 0 Å². The van der Waals surface area contributed by atoms with E-state index in [9.17, 15) is 9.59 Å². The van der Waals surface area contributed by atoms with Gasteiger partial charge in [-0.2, -0.15) is 0 Å². The van der Waals surface area contributed by atoms with Crippen molar-refractivity contribution in [3.8, 4) is 5.75 Å². The van der Waals surface area contributed by atoms with Gasteiger partial charge < -0.3 is 19.9 Å². The van der Waals surface area contributed by atoms with E-state index in [-0.39, 0.29) is 18.4 Å². The maximum atomic E-state index is 12.7. The van der Waals surface area contributed by atoms with E-state index in [2.05, 4.69) is 10.2 Å². The molecule has 0 spiro atoms. The van der Waals surface area contributed by atoms with Crippen LogP contribution >= 0.6 is 11.6 Å². The van der Waals surface area contributed by atoms with Gasteiger partial charge in [0.15, 0.2) is 6.61 Å². The van der Waals surface area contributed by atoms with Crippen LogP contribution < -0.4 is 15.0 Å². The molecule has 0 bridgehead atoms. The first kappa shape index (κ1) is 22.7. The van der Waals surface area contributed by atoms with E-state index in [1.54, 1.807) is 24.3 Å². The minimum Gasteiger partial charge on any atom is -0.482 e. The predicted octanol–water partition coefficient (Wildman–Crippen LogP) is 4.63. The Morgan fingerprint density at radius 1 is 0.909 bits per heavy atom. The highest BCUT2D eigenvalue weighted by Crippen LogP contribution is 2.23. The molecule has 0 atom stereocenters. The summed E-state index contributed by atoms with van der Waals surface area (Å²) >= 11 is 6.04. The molecular weight excluding hydrogens is 438 g/mol. The van der Waals surface area contributed by atoms with E-state index in [0.29, 0.717) is 29.5 Å². The van der Waals surface area contributed by atoms with Gasteiger partial charge in [0.2, 0.25) is 0 Å². The number of nitrogens with zero attached hydrogens (tertiary/aromatic N) is 2. The quantitative estimate of drug-likeness (QED) is 0.579. The molecular formula is C26H26ClN3O3. The van der Waals surface area contributed by atoms with Crippen molar-refractivity contribution < 1.29 is 14.3 Å². The fraction of sp³-hybridized carbons (Fsp3) is 0.231. The first-order valence-electron chi connectivity index (χ1n) is 10.9. The molecule has 1 aliphatic heterocycles. The molecule has 0 radical (unpaired) electrons. The maximum absolute atomic E-state index is 12.7. The second-order valence-corrected chi connectivity index (χ2v) is 8.37. The van der Waals surface area contributed by atoms with E-state index >= 15 is 0 Å². The number of amides is 2. The van der Waals surface area contributed by atoms with Crippen molar-refractivity contribution in [2.24, 2.45) is 0 Å². The molecule has 33 heavy (non-hydrogen) atoms. The molecule has 0 unspecified atom stereocenters. The van der Waals surface area contributed by atoms with Gasteiger partial charge in [0.1, 0.15) is 5.75 Å². The SMILES string of the molecule is Cc1ccc(C(=O)N2CCN(c3ccc(NC(=O)COc4ccccc4Cl)cc3)CC2)cc1. The Hall–Kier alpha value is -3.51. The Kier molecular flexibility index (Phi) is 7.15. The molecule has 0 saturated carbocycles. The highest BCUT2D eigenvalue weighted by Gasteiger charge is 2.22. The third-order valence-corrected chi connectivity index (χ3v) is 5.89. The molecule has 1 aliphatic rings. The number of aryl methyl sites for hydroxylation is 1. The van der Waals surface area contributed by atoms with Crippen LogP contribution in [-0.4, -0.2) is 49.5 Å². The fourth-order valence-electron chi connectivity index (χ4n) is 3.70. The molecule has 2 amide bonds. The summed E-state index contributed by atoms with van der Waals surface area (Å²) < 4.78 is 5.47. The van der Waals surface area contributed by atoms with Gasteiger partial charge in [-0.25, -0.2) is 0 Å². The normalized spacial score (nSPS) is 13.5. The van der Waals surface area contributed by atoms with Crippen molar-refractivity contribution in [3.05, 3.63) is 88.9 Å². The molecule has 1 heterocycles. The predicted molar refractivity (Wildman–Crippen MR) is 131 cm³/mol. The third kappa shape index (κ3) is 5.84. The van der Waals surface area contributed by atoms with Crippen LogP contribution in [-0.2, 0) is 4.79 Å². The lowest BCUT2D eigenvalue weighted by Crippen LogP contribution is -2.48. The van der Waals surface area contributed by atoms with Crippen LogP contribution in [0.15, 0.2) is 72.8 Å². The lowest BCUT2D eigenvalue weighted by atomic mass is 10.1. The Bertz CT molecular complexity index is 1110. The summed E-state index contributed by atoms with van der Waals surface area (Å²) in [6, 6.07) is 22.4. The highest BCUT2D eigenvalue weighted by atomic mass is 35.5. The van der Waals surface area contributed by atoms with Crippen LogP contribution in [0.2, 0.25) is 5.02 Å². The molecule has 1 saturated heterocycles. The lowest BCUT2D eigenvalue weighted by molar-refractivity contribution is -0.118. The first-order chi connectivity index (χ1) is 16.0. The molecule has 3 aromatic rings. The van der Waals surface area contributed by atoms with Gasteiger partial charge in [0, 0.05) is 43.1 Å². The zero-order valence-electron chi connectivity index (χ0n) is 18.5. The summed E-state index contributed by atoms with van der Waals surface area (Å²) in [4.78, 5) is 29.0. The van der Waals surface area contributed by atoms with Gasteiger partial charge in [-0.05, 0) is 55.5 Å². The molecule has 1 fully saturated rings. The number of anilines is 2. The molecule has 3 aromatic carbocycles. The van der Waals surface area contributed by atoms with Gasteiger partial charge in [-0.3, -0.25) is 9.59 Å².